The molecule has 0 saturated carbocycles. The van der Waals surface area contributed by atoms with E-state index in [0.29, 0.717) is 13.0 Å². The van der Waals surface area contributed by atoms with Crippen molar-refractivity contribution in [3.63, 3.8) is 0 Å². The molecule has 0 bridgehead atoms. The largest absolute Gasteiger partial charge is 0.497 e. The number of aldehydes is 1. The van der Waals surface area contributed by atoms with E-state index in [-0.39, 0.29) is 0 Å². The van der Waals surface area contributed by atoms with Crippen LogP contribution in [-0.2, 0) is 22.5 Å². The Morgan fingerprint density at radius 2 is 2.05 bits per heavy atom. The van der Waals surface area contributed by atoms with Crippen molar-refractivity contribution in [2.75, 3.05) is 7.11 Å². The van der Waals surface area contributed by atoms with E-state index in [0.717, 1.165) is 23.2 Å². The predicted octanol–water partition coefficient (Wildman–Crippen LogP) is 2.56. The first kappa shape index (κ1) is 15.4. The molecule has 0 N–H and O–H groups in total. The van der Waals surface area contributed by atoms with E-state index < -0.39 is 17.7 Å². The quantitative estimate of drug-likeness (QED) is 0.786. The van der Waals surface area contributed by atoms with Crippen molar-refractivity contribution in [3.8, 4) is 5.75 Å². The van der Waals surface area contributed by atoms with Gasteiger partial charge in [0, 0.05) is 6.42 Å². The summed E-state index contributed by atoms with van der Waals surface area (Å²) in [5.74, 6) is 0.738. The summed E-state index contributed by atoms with van der Waals surface area (Å²) in [5.41, 5.74) is 1.46. The van der Waals surface area contributed by atoms with Gasteiger partial charge in [0.05, 0.1) is 19.7 Å². The number of benzene rings is 1. The minimum atomic E-state index is -0.584. The van der Waals surface area contributed by atoms with E-state index in [4.69, 9.17) is 9.47 Å². The maximum atomic E-state index is 12.3. The molecule has 2 rings (SSSR count). The first-order valence-corrected chi connectivity index (χ1v) is 6.95. The average Bonchev–Trinajstić information content (AvgIpc) is 2.43. The van der Waals surface area contributed by atoms with E-state index >= 15 is 0 Å². The molecular formula is C16H21NO4. The highest BCUT2D eigenvalue weighted by atomic mass is 16.6. The Labute approximate surface area is 124 Å². The minimum absolute atomic E-state index is 0.352. The zero-order chi connectivity index (χ0) is 15.6. The van der Waals surface area contributed by atoms with Crippen LogP contribution in [0, 0.1) is 0 Å². The van der Waals surface area contributed by atoms with Crippen LogP contribution < -0.4 is 4.74 Å². The van der Waals surface area contributed by atoms with Crippen LogP contribution in [0.4, 0.5) is 4.79 Å². The van der Waals surface area contributed by atoms with Crippen LogP contribution in [0.2, 0.25) is 0 Å². The number of ether oxygens (including phenoxy) is 2. The monoisotopic (exact) mass is 291 g/mol. The number of carbonyl (C=O) groups excluding carboxylic acids is 2. The lowest BCUT2D eigenvalue weighted by Crippen LogP contribution is -2.47. The Kier molecular flexibility index (Phi) is 4.21. The molecule has 1 atom stereocenters. The highest BCUT2D eigenvalue weighted by molar-refractivity contribution is 5.75. The van der Waals surface area contributed by atoms with Crippen molar-refractivity contribution in [2.45, 2.75) is 45.4 Å². The molecule has 1 heterocycles. The van der Waals surface area contributed by atoms with Gasteiger partial charge in [0.2, 0.25) is 0 Å². The van der Waals surface area contributed by atoms with Gasteiger partial charge in [-0.2, -0.15) is 0 Å². The highest BCUT2D eigenvalue weighted by Gasteiger charge is 2.32. The summed E-state index contributed by atoms with van der Waals surface area (Å²) >= 11 is 0. The lowest BCUT2D eigenvalue weighted by Gasteiger charge is -2.35. The molecule has 1 aliphatic rings. The SMILES string of the molecule is COc1ccc2c(c1)CN(C(=O)OC(C)(C)C)[C@H](C=O)C2. The third kappa shape index (κ3) is 3.54. The zero-order valence-corrected chi connectivity index (χ0v) is 12.9. The molecule has 1 amide bonds. The van der Waals surface area contributed by atoms with Gasteiger partial charge in [-0.3, -0.25) is 4.90 Å². The smallest absolute Gasteiger partial charge is 0.411 e. The molecule has 5 nitrogen and oxygen atoms in total. The summed E-state index contributed by atoms with van der Waals surface area (Å²) in [5, 5.41) is 0. The number of methoxy groups -OCH3 is 1. The van der Waals surface area contributed by atoms with Gasteiger partial charge < -0.3 is 14.3 Å². The lowest BCUT2D eigenvalue weighted by molar-refractivity contribution is -0.113. The number of carbonyl (C=O) groups is 2. The summed E-state index contributed by atoms with van der Waals surface area (Å²) in [7, 11) is 1.60. The molecule has 1 aromatic rings. The molecular weight excluding hydrogens is 270 g/mol. The standard InChI is InChI=1S/C16H21NO4/c1-16(2,3)21-15(19)17-9-12-8-14(20-4)6-5-11(12)7-13(17)10-18/h5-6,8,10,13H,7,9H2,1-4H3/t13-/m0/s1. The van der Waals surface area contributed by atoms with Gasteiger partial charge in [-0.05, 0) is 44.0 Å². The van der Waals surface area contributed by atoms with Crippen LogP contribution >= 0.6 is 0 Å². The molecule has 0 saturated heterocycles. The number of fused-ring (bicyclic) bond motifs is 1. The first-order valence-electron chi connectivity index (χ1n) is 6.95. The Morgan fingerprint density at radius 1 is 1.33 bits per heavy atom. The van der Waals surface area contributed by atoms with E-state index in [1.165, 1.54) is 4.90 Å². The van der Waals surface area contributed by atoms with E-state index in [9.17, 15) is 9.59 Å². The third-order valence-electron chi connectivity index (χ3n) is 3.37. The number of amides is 1. The maximum Gasteiger partial charge on any atom is 0.411 e. The van der Waals surface area contributed by atoms with Crippen LogP contribution in [0.1, 0.15) is 31.9 Å². The Hall–Kier alpha value is -2.04. The molecule has 1 aromatic carbocycles. The van der Waals surface area contributed by atoms with Crippen molar-refractivity contribution < 1.29 is 19.1 Å². The molecule has 21 heavy (non-hydrogen) atoms. The van der Waals surface area contributed by atoms with E-state index in [2.05, 4.69) is 0 Å². The van der Waals surface area contributed by atoms with Gasteiger partial charge in [-0.15, -0.1) is 0 Å². The molecule has 0 spiro atoms. The summed E-state index contributed by atoms with van der Waals surface area (Å²) in [6.07, 6.45) is 0.840. The molecule has 0 aromatic heterocycles. The van der Waals surface area contributed by atoms with Crippen molar-refractivity contribution in [2.24, 2.45) is 0 Å². The molecule has 0 radical (unpaired) electrons. The minimum Gasteiger partial charge on any atom is -0.497 e. The van der Waals surface area contributed by atoms with Crippen LogP contribution in [0.3, 0.4) is 0 Å². The number of hydrogen-bond acceptors (Lipinski definition) is 4. The first-order chi connectivity index (χ1) is 9.84. The van der Waals surface area contributed by atoms with E-state index in [1.54, 1.807) is 7.11 Å². The fourth-order valence-corrected chi connectivity index (χ4v) is 2.35. The summed E-state index contributed by atoms with van der Waals surface area (Å²) in [6, 6.07) is 5.22. The molecule has 5 heteroatoms. The fourth-order valence-electron chi connectivity index (χ4n) is 2.35. The Bertz CT molecular complexity index is 548. The van der Waals surface area contributed by atoms with Crippen molar-refractivity contribution in [3.05, 3.63) is 29.3 Å². The maximum absolute atomic E-state index is 12.3. The predicted molar refractivity (Wildman–Crippen MR) is 78.3 cm³/mol. The number of hydrogen-bond donors (Lipinski definition) is 0. The van der Waals surface area contributed by atoms with Crippen molar-refractivity contribution >= 4 is 12.4 Å². The Morgan fingerprint density at radius 3 is 2.62 bits per heavy atom. The summed E-state index contributed by atoms with van der Waals surface area (Å²) in [4.78, 5) is 25.0. The molecule has 0 fully saturated rings. The topological polar surface area (TPSA) is 55.8 Å². The molecule has 0 unspecified atom stereocenters. The normalized spacial score (nSPS) is 17.9. The summed E-state index contributed by atoms with van der Waals surface area (Å²) in [6.45, 7) is 5.77. The highest BCUT2D eigenvalue weighted by Crippen LogP contribution is 2.27. The number of rotatable bonds is 2. The van der Waals surface area contributed by atoms with Crippen LogP contribution in [0.5, 0.6) is 5.75 Å². The molecule has 1 aliphatic heterocycles. The second-order valence-electron chi connectivity index (χ2n) is 6.15. The third-order valence-corrected chi connectivity index (χ3v) is 3.37. The molecule has 114 valence electrons. The van der Waals surface area contributed by atoms with Gasteiger partial charge in [0.15, 0.2) is 0 Å². The lowest BCUT2D eigenvalue weighted by atomic mass is 9.94. The van der Waals surface area contributed by atoms with Gasteiger partial charge in [0.1, 0.15) is 17.6 Å². The van der Waals surface area contributed by atoms with Gasteiger partial charge in [-0.1, -0.05) is 6.07 Å². The van der Waals surface area contributed by atoms with Crippen LogP contribution in [0.15, 0.2) is 18.2 Å². The van der Waals surface area contributed by atoms with Crippen LogP contribution in [-0.4, -0.2) is 36.0 Å². The van der Waals surface area contributed by atoms with Crippen molar-refractivity contribution in [1.29, 1.82) is 0 Å². The Balaban J connectivity index is 2.26. The second-order valence-corrected chi connectivity index (χ2v) is 6.15. The zero-order valence-electron chi connectivity index (χ0n) is 12.9. The van der Waals surface area contributed by atoms with Crippen LogP contribution in [0.25, 0.3) is 0 Å². The fraction of sp³-hybridized carbons (Fsp3) is 0.500. The van der Waals surface area contributed by atoms with Gasteiger partial charge in [0.25, 0.3) is 0 Å². The van der Waals surface area contributed by atoms with E-state index in [1.807, 2.05) is 39.0 Å². The van der Waals surface area contributed by atoms with Crippen molar-refractivity contribution in [1.82, 2.24) is 4.90 Å². The second kappa shape index (κ2) is 5.76. The van der Waals surface area contributed by atoms with Gasteiger partial charge >= 0.3 is 6.09 Å². The number of nitrogens with zero attached hydrogens (tertiary/aromatic N) is 1. The van der Waals surface area contributed by atoms with Gasteiger partial charge in [-0.25, -0.2) is 4.79 Å². The average molecular weight is 291 g/mol. The molecule has 0 aliphatic carbocycles. The summed E-state index contributed by atoms with van der Waals surface area (Å²) < 4.78 is 10.6.